The van der Waals surface area contributed by atoms with Gasteiger partial charge >= 0.3 is 0 Å². The summed E-state index contributed by atoms with van der Waals surface area (Å²) in [5.74, 6) is 0. The van der Waals surface area contributed by atoms with Crippen molar-refractivity contribution >= 4 is 20.7 Å². The number of aromatic nitrogens is 1. The van der Waals surface area contributed by atoms with Gasteiger partial charge in [-0.2, -0.15) is 5.26 Å². The number of hydrogen-bond acceptors (Lipinski definition) is 3. The molecule has 21 heavy (non-hydrogen) atoms. The number of nitrogens with zero attached hydrogens (tertiary/aromatic N) is 1. The fourth-order valence-electron chi connectivity index (χ4n) is 2.43. The van der Waals surface area contributed by atoms with Crippen molar-refractivity contribution < 1.29 is 8.42 Å². The second-order valence-electron chi connectivity index (χ2n) is 4.84. The minimum absolute atomic E-state index is 0.285. The Balaban J connectivity index is 2.35. The number of fused-ring (bicyclic) bond motifs is 1. The summed E-state index contributed by atoms with van der Waals surface area (Å²) >= 11 is 0. The summed E-state index contributed by atoms with van der Waals surface area (Å²) in [6.07, 6.45) is 2.97. The third-order valence-electron chi connectivity index (χ3n) is 3.39. The van der Waals surface area contributed by atoms with Crippen molar-refractivity contribution in [3.63, 3.8) is 0 Å². The van der Waals surface area contributed by atoms with Gasteiger partial charge in [-0.15, -0.1) is 0 Å². The Morgan fingerprint density at radius 2 is 1.86 bits per heavy atom. The number of nitrogens with one attached hydrogen (secondary N) is 1. The summed E-state index contributed by atoms with van der Waals surface area (Å²) in [4.78, 5) is 3.40. The van der Waals surface area contributed by atoms with Gasteiger partial charge in [0, 0.05) is 34.5 Å². The molecule has 0 spiro atoms. The minimum Gasteiger partial charge on any atom is -0.361 e. The summed E-state index contributed by atoms with van der Waals surface area (Å²) in [5.41, 5.74) is 2.83. The molecule has 0 atom stereocenters. The van der Waals surface area contributed by atoms with Gasteiger partial charge in [-0.3, -0.25) is 0 Å². The van der Waals surface area contributed by atoms with Gasteiger partial charge in [0.15, 0.2) is 9.84 Å². The van der Waals surface area contributed by atoms with Gasteiger partial charge in [0.05, 0.1) is 16.5 Å². The largest absolute Gasteiger partial charge is 0.361 e. The first-order valence-electron chi connectivity index (χ1n) is 6.31. The highest BCUT2D eigenvalue weighted by atomic mass is 32.2. The van der Waals surface area contributed by atoms with Crippen LogP contribution in [0.15, 0.2) is 53.6 Å². The van der Waals surface area contributed by atoms with Crippen molar-refractivity contribution in [2.24, 2.45) is 0 Å². The van der Waals surface area contributed by atoms with Crippen LogP contribution in [0.2, 0.25) is 0 Å². The van der Waals surface area contributed by atoms with Crippen LogP contribution in [0.5, 0.6) is 0 Å². The minimum atomic E-state index is -3.32. The van der Waals surface area contributed by atoms with Crippen LogP contribution in [0.1, 0.15) is 5.56 Å². The molecule has 5 heteroatoms. The molecule has 0 saturated heterocycles. The molecule has 3 aromatic rings. The maximum atomic E-state index is 11.9. The van der Waals surface area contributed by atoms with Gasteiger partial charge in [-0.05, 0) is 24.3 Å². The highest BCUT2D eigenvalue weighted by molar-refractivity contribution is 7.90. The Bertz CT molecular complexity index is 979. The molecule has 0 unspecified atom stereocenters. The van der Waals surface area contributed by atoms with E-state index < -0.39 is 9.84 Å². The lowest BCUT2D eigenvalue weighted by Crippen LogP contribution is -1.99. The average Bonchev–Trinajstić information content (AvgIpc) is 2.89. The van der Waals surface area contributed by atoms with E-state index in [2.05, 4.69) is 11.1 Å². The lowest BCUT2D eigenvalue weighted by atomic mass is 10.0. The van der Waals surface area contributed by atoms with Crippen LogP contribution in [0.3, 0.4) is 0 Å². The molecule has 4 nitrogen and oxygen atoms in total. The molecule has 2 aromatic carbocycles. The normalized spacial score (nSPS) is 11.4. The maximum absolute atomic E-state index is 11.9. The molecule has 0 fully saturated rings. The van der Waals surface area contributed by atoms with Gasteiger partial charge in [0.25, 0.3) is 0 Å². The molecule has 0 aliphatic heterocycles. The Kier molecular flexibility index (Phi) is 3.04. The molecule has 1 heterocycles. The van der Waals surface area contributed by atoms with Crippen molar-refractivity contribution in [1.29, 1.82) is 5.26 Å². The molecule has 0 aliphatic rings. The SMILES string of the molecule is CS(=O)(=O)c1ccccc1-c1c[nH]c2ccc(C#N)cc12. The number of hydrogen-bond donors (Lipinski definition) is 1. The molecule has 3 rings (SSSR count). The van der Waals surface area contributed by atoms with Gasteiger partial charge < -0.3 is 4.98 Å². The summed E-state index contributed by atoms with van der Waals surface area (Å²) in [5, 5.41) is 9.86. The zero-order valence-electron chi connectivity index (χ0n) is 11.3. The summed E-state index contributed by atoms with van der Waals surface area (Å²) < 4.78 is 23.9. The number of sulfone groups is 1. The first-order chi connectivity index (χ1) is 10.0. The molecule has 0 saturated carbocycles. The van der Waals surface area contributed by atoms with Gasteiger partial charge in [-0.1, -0.05) is 18.2 Å². The third-order valence-corrected chi connectivity index (χ3v) is 4.54. The second-order valence-corrected chi connectivity index (χ2v) is 6.83. The smallest absolute Gasteiger partial charge is 0.176 e. The lowest BCUT2D eigenvalue weighted by Gasteiger charge is -2.07. The highest BCUT2D eigenvalue weighted by Gasteiger charge is 2.16. The van der Waals surface area contributed by atoms with Crippen molar-refractivity contribution in [3.05, 3.63) is 54.2 Å². The van der Waals surface area contributed by atoms with Crippen molar-refractivity contribution in [2.45, 2.75) is 4.90 Å². The average molecular weight is 296 g/mol. The molecular weight excluding hydrogens is 284 g/mol. The number of aromatic amines is 1. The number of H-pyrrole nitrogens is 1. The molecule has 1 aromatic heterocycles. The molecule has 0 aliphatic carbocycles. The van der Waals surface area contributed by atoms with Gasteiger partial charge in [0.2, 0.25) is 0 Å². The molecular formula is C16H12N2O2S. The quantitative estimate of drug-likeness (QED) is 0.789. The summed E-state index contributed by atoms with van der Waals surface area (Å²) in [6, 6.07) is 14.3. The van der Waals surface area contributed by atoms with Crippen LogP contribution < -0.4 is 0 Å². The lowest BCUT2D eigenvalue weighted by molar-refractivity contribution is 0.602. The van der Waals surface area contributed by atoms with E-state index in [1.165, 1.54) is 6.26 Å². The van der Waals surface area contributed by atoms with E-state index in [-0.39, 0.29) is 4.90 Å². The van der Waals surface area contributed by atoms with E-state index in [1.807, 2.05) is 6.07 Å². The van der Waals surface area contributed by atoms with Crippen molar-refractivity contribution in [3.8, 4) is 17.2 Å². The van der Waals surface area contributed by atoms with Crippen LogP contribution in [-0.4, -0.2) is 19.7 Å². The standard InChI is InChI=1S/C16H12N2O2S/c1-21(19,20)16-5-3-2-4-12(16)14-10-18-15-7-6-11(9-17)8-13(14)15/h2-8,10,18H,1H3. The first-order valence-corrected chi connectivity index (χ1v) is 8.20. The van der Waals surface area contributed by atoms with Gasteiger partial charge in [-0.25, -0.2) is 8.42 Å². The monoisotopic (exact) mass is 296 g/mol. The Morgan fingerprint density at radius 1 is 1.10 bits per heavy atom. The van der Waals surface area contributed by atoms with Crippen LogP contribution >= 0.6 is 0 Å². The molecule has 104 valence electrons. The fraction of sp³-hybridized carbons (Fsp3) is 0.0625. The van der Waals surface area contributed by atoms with E-state index in [1.54, 1.807) is 42.6 Å². The summed E-state index contributed by atoms with van der Waals surface area (Å²) in [6.45, 7) is 0. The van der Waals surface area contributed by atoms with Crippen LogP contribution in [-0.2, 0) is 9.84 Å². The van der Waals surface area contributed by atoms with Crippen molar-refractivity contribution in [2.75, 3.05) is 6.26 Å². The Hall–Kier alpha value is -2.58. The van der Waals surface area contributed by atoms with E-state index >= 15 is 0 Å². The van der Waals surface area contributed by atoms with Crippen LogP contribution in [0.4, 0.5) is 0 Å². The summed E-state index contributed by atoms with van der Waals surface area (Å²) in [7, 11) is -3.32. The van der Waals surface area contributed by atoms with E-state index in [0.29, 0.717) is 11.1 Å². The maximum Gasteiger partial charge on any atom is 0.176 e. The fourth-order valence-corrected chi connectivity index (χ4v) is 3.33. The Labute approximate surface area is 122 Å². The molecule has 1 N–H and O–H groups in total. The first kappa shape index (κ1) is 13.4. The zero-order chi connectivity index (χ0) is 15.0. The molecule has 0 amide bonds. The second kappa shape index (κ2) is 4.76. The van der Waals surface area contributed by atoms with Crippen LogP contribution in [0, 0.1) is 11.3 Å². The van der Waals surface area contributed by atoms with Crippen molar-refractivity contribution in [1.82, 2.24) is 4.98 Å². The van der Waals surface area contributed by atoms with E-state index in [4.69, 9.17) is 5.26 Å². The molecule has 0 bridgehead atoms. The topological polar surface area (TPSA) is 73.7 Å². The van der Waals surface area contributed by atoms with E-state index in [0.717, 1.165) is 16.5 Å². The number of rotatable bonds is 2. The highest BCUT2D eigenvalue weighted by Crippen LogP contribution is 2.33. The third kappa shape index (κ3) is 2.30. The predicted octanol–water partition coefficient (Wildman–Crippen LogP) is 3.11. The number of nitriles is 1. The number of benzene rings is 2. The Morgan fingerprint density at radius 3 is 2.57 bits per heavy atom. The zero-order valence-corrected chi connectivity index (χ0v) is 12.1. The van der Waals surface area contributed by atoms with Crippen LogP contribution in [0.25, 0.3) is 22.0 Å². The predicted molar refractivity (Wildman–Crippen MR) is 81.6 cm³/mol. The van der Waals surface area contributed by atoms with E-state index in [9.17, 15) is 8.42 Å². The van der Waals surface area contributed by atoms with Gasteiger partial charge in [0.1, 0.15) is 0 Å². The molecule has 0 radical (unpaired) electrons.